The monoisotopic (exact) mass is 475 g/mol. The number of hydrogen-bond donors (Lipinski definition) is 3. The molecule has 0 aliphatic carbocycles. The number of anilines is 1. The van der Waals surface area contributed by atoms with E-state index in [4.69, 9.17) is 9.72 Å². The highest BCUT2D eigenvalue weighted by molar-refractivity contribution is 5.83. The molecule has 190 valence electrons. The molecule has 0 radical (unpaired) electrons. The van der Waals surface area contributed by atoms with Gasteiger partial charge in [-0.25, -0.2) is 14.6 Å². The summed E-state index contributed by atoms with van der Waals surface area (Å²) in [6, 6.07) is 3.34. The van der Waals surface area contributed by atoms with E-state index in [1.165, 1.54) is 5.56 Å². The van der Waals surface area contributed by atoms with E-state index in [-0.39, 0.29) is 12.1 Å². The van der Waals surface area contributed by atoms with Crippen molar-refractivity contribution < 1.29 is 19.4 Å². The minimum absolute atomic E-state index is 0.178. The first-order valence-corrected chi connectivity index (χ1v) is 12.8. The fourth-order valence-corrected chi connectivity index (χ4v) is 4.44. The quantitative estimate of drug-likeness (QED) is 0.355. The lowest BCUT2D eigenvalue weighted by atomic mass is 10.1. The zero-order chi connectivity index (χ0) is 24.3. The number of rotatable bonds is 14. The van der Waals surface area contributed by atoms with Gasteiger partial charge in [-0.3, -0.25) is 0 Å². The van der Waals surface area contributed by atoms with E-state index in [1.807, 2.05) is 13.8 Å². The number of hydrogen-bond acceptors (Lipinski definition) is 6. The molecule has 9 heteroatoms. The number of unbranched alkanes of at least 4 members (excludes halogenated alkanes) is 1. The summed E-state index contributed by atoms with van der Waals surface area (Å²) in [7, 11) is 0. The van der Waals surface area contributed by atoms with Crippen molar-refractivity contribution in [1.82, 2.24) is 20.1 Å². The van der Waals surface area contributed by atoms with Crippen LogP contribution in [0, 0.1) is 0 Å². The molecule has 0 spiro atoms. The Labute approximate surface area is 203 Å². The highest BCUT2D eigenvalue weighted by Crippen LogP contribution is 2.20. The third kappa shape index (κ3) is 7.84. The second-order valence-electron chi connectivity index (χ2n) is 9.30. The zero-order valence-corrected chi connectivity index (χ0v) is 20.7. The molecule has 1 aromatic rings. The Balaban J connectivity index is 1.44. The van der Waals surface area contributed by atoms with Crippen LogP contribution in [0.5, 0.6) is 0 Å². The summed E-state index contributed by atoms with van der Waals surface area (Å²) in [5.41, 5.74) is 2.42. The van der Waals surface area contributed by atoms with Crippen LogP contribution in [-0.4, -0.2) is 89.9 Å². The molecular weight excluding hydrogens is 434 g/mol. The van der Waals surface area contributed by atoms with E-state index in [0.29, 0.717) is 32.7 Å². The number of aliphatic carboxylic acids is 1. The van der Waals surface area contributed by atoms with Crippen LogP contribution in [-0.2, 0) is 22.4 Å². The maximum atomic E-state index is 12.3. The molecule has 0 bridgehead atoms. The van der Waals surface area contributed by atoms with Gasteiger partial charge < -0.3 is 30.3 Å². The normalized spacial score (nSPS) is 18.1. The van der Waals surface area contributed by atoms with Gasteiger partial charge in [0.2, 0.25) is 0 Å². The molecule has 1 fully saturated rings. The summed E-state index contributed by atoms with van der Waals surface area (Å²) in [6.45, 7) is 9.11. The van der Waals surface area contributed by atoms with E-state index in [2.05, 4.69) is 27.7 Å². The number of aromatic nitrogens is 1. The lowest BCUT2D eigenvalue weighted by molar-refractivity contribution is -0.139. The third-order valence-corrected chi connectivity index (χ3v) is 6.78. The predicted molar refractivity (Wildman–Crippen MR) is 132 cm³/mol. The highest BCUT2D eigenvalue weighted by Gasteiger charge is 2.31. The number of amides is 2. The maximum Gasteiger partial charge on any atom is 0.326 e. The molecule has 2 unspecified atom stereocenters. The number of urea groups is 1. The van der Waals surface area contributed by atoms with Crippen LogP contribution in [0.1, 0.15) is 57.2 Å². The van der Waals surface area contributed by atoms with Gasteiger partial charge in [0.1, 0.15) is 11.9 Å². The van der Waals surface area contributed by atoms with E-state index < -0.39 is 12.0 Å². The molecular formula is C25H41N5O4. The van der Waals surface area contributed by atoms with Crippen molar-refractivity contribution in [3.05, 3.63) is 23.4 Å². The van der Waals surface area contributed by atoms with E-state index in [9.17, 15) is 14.7 Å². The van der Waals surface area contributed by atoms with Gasteiger partial charge in [-0.2, -0.15) is 0 Å². The van der Waals surface area contributed by atoms with Crippen LogP contribution in [0.4, 0.5) is 10.6 Å². The van der Waals surface area contributed by atoms with Crippen LogP contribution in [0.15, 0.2) is 12.1 Å². The van der Waals surface area contributed by atoms with Gasteiger partial charge in [-0.05, 0) is 77.0 Å². The third-order valence-electron chi connectivity index (χ3n) is 6.78. The molecule has 0 aromatic carbocycles. The fraction of sp³-hybridized carbons (Fsp3) is 0.720. The van der Waals surface area contributed by atoms with Gasteiger partial charge >= 0.3 is 12.0 Å². The Hall–Kier alpha value is -2.39. The van der Waals surface area contributed by atoms with Gasteiger partial charge in [0.05, 0.1) is 6.61 Å². The molecule has 3 N–H and O–H groups in total. The topological polar surface area (TPSA) is 107 Å². The number of aryl methyl sites for hydroxylation is 2. The number of carbonyl (C=O) groups excluding carboxylic acids is 1. The Kier molecular flexibility index (Phi) is 10.4. The standard InChI is InChI=1S/C25H41N5O4/c1-3-34-18-17-29(15-12-22(24(31)32)28-25(33)30-16-11-19(30)2)14-5-4-8-21-10-9-20-7-6-13-26-23(20)27-21/h9-10,19,22H,3-8,11-18H2,1-2H3,(H,26,27)(H,28,33)(H,31,32). The molecule has 3 rings (SSSR count). The average Bonchev–Trinajstić information content (AvgIpc) is 2.82. The van der Waals surface area contributed by atoms with E-state index in [1.54, 1.807) is 4.90 Å². The average molecular weight is 476 g/mol. The summed E-state index contributed by atoms with van der Waals surface area (Å²) >= 11 is 0. The van der Waals surface area contributed by atoms with Gasteiger partial charge in [0.25, 0.3) is 0 Å². The number of nitrogens with one attached hydrogen (secondary N) is 2. The number of carboxylic acids is 1. The first-order chi connectivity index (χ1) is 16.5. The molecule has 2 aliphatic heterocycles. The van der Waals surface area contributed by atoms with Crippen LogP contribution in [0.3, 0.4) is 0 Å². The zero-order valence-electron chi connectivity index (χ0n) is 20.7. The van der Waals surface area contributed by atoms with Gasteiger partial charge in [-0.15, -0.1) is 0 Å². The number of ether oxygens (including phenoxy) is 1. The minimum atomic E-state index is -0.988. The van der Waals surface area contributed by atoms with Crippen LogP contribution in [0.25, 0.3) is 0 Å². The largest absolute Gasteiger partial charge is 0.480 e. The maximum absolute atomic E-state index is 12.3. The van der Waals surface area contributed by atoms with Crippen molar-refractivity contribution in [3.63, 3.8) is 0 Å². The summed E-state index contributed by atoms with van der Waals surface area (Å²) in [5.74, 6) is 0.0508. The minimum Gasteiger partial charge on any atom is -0.480 e. The molecule has 2 amide bonds. The van der Waals surface area contributed by atoms with Crippen molar-refractivity contribution >= 4 is 17.8 Å². The van der Waals surface area contributed by atoms with Crippen molar-refractivity contribution in [2.24, 2.45) is 0 Å². The lowest BCUT2D eigenvalue weighted by Gasteiger charge is -2.39. The van der Waals surface area contributed by atoms with Crippen molar-refractivity contribution in [3.8, 4) is 0 Å². The molecule has 9 nitrogen and oxygen atoms in total. The first kappa shape index (κ1) is 26.2. The van der Waals surface area contributed by atoms with Crippen LogP contribution < -0.4 is 10.6 Å². The molecule has 2 atom stereocenters. The highest BCUT2D eigenvalue weighted by atomic mass is 16.5. The molecule has 0 saturated carbocycles. The molecule has 1 saturated heterocycles. The number of nitrogens with zero attached hydrogens (tertiary/aromatic N) is 3. The molecule has 2 aliphatic rings. The number of fused-ring (bicyclic) bond motifs is 1. The second kappa shape index (κ2) is 13.5. The molecule has 34 heavy (non-hydrogen) atoms. The van der Waals surface area contributed by atoms with Crippen molar-refractivity contribution in [2.45, 2.75) is 70.9 Å². The van der Waals surface area contributed by atoms with Crippen molar-refractivity contribution in [1.29, 1.82) is 0 Å². The Morgan fingerprint density at radius 3 is 2.88 bits per heavy atom. The van der Waals surface area contributed by atoms with E-state index in [0.717, 1.165) is 69.7 Å². The smallest absolute Gasteiger partial charge is 0.326 e. The molecule has 1 aromatic heterocycles. The summed E-state index contributed by atoms with van der Waals surface area (Å²) in [6.07, 6.45) is 6.53. The summed E-state index contributed by atoms with van der Waals surface area (Å²) in [5, 5.41) is 15.7. The number of pyridine rings is 1. The molecule has 3 heterocycles. The van der Waals surface area contributed by atoms with Crippen LogP contribution in [0.2, 0.25) is 0 Å². The summed E-state index contributed by atoms with van der Waals surface area (Å²) < 4.78 is 5.53. The Morgan fingerprint density at radius 2 is 2.18 bits per heavy atom. The Morgan fingerprint density at radius 1 is 1.32 bits per heavy atom. The SMILES string of the molecule is CCOCCN(CCCCc1ccc2c(n1)NCCC2)CCC(NC(=O)N1CCC1C)C(=O)O. The number of carbonyl (C=O) groups is 2. The Bertz CT molecular complexity index is 806. The number of carboxylic acid groups (broad SMARTS) is 1. The van der Waals surface area contributed by atoms with Gasteiger partial charge in [0.15, 0.2) is 0 Å². The predicted octanol–water partition coefficient (Wildman–Crippen LogP) is 2.75. The lowest BCUT2D eigenvalue weighted by Crippen LogP contribution is -2.57. The number of likely N-dealkylation sites (tertiary alicyclic amines) is 1. The van der Waals surface area contributed by atoms with Gasteiger partial charge in [0, 0.05) is 44.5 Å². The fourth-order valence-electron chi connectivity index (χ4n) is 4.44. The van der Waals surface area contributed by atoms with E-state index >= 15 is 0 Å². The first-order valence-electron chi connectivity index (χ1n) is 12.8. The van der Waals surface area contributed by atoms with Gasteiger partial charge in [-0.1, -0.05) is 6.07 Å². The van der Waals surface area contributed by atoms with Crippen molar-refractivity contribution in [2.75, 3.05) is 51.3 Å². The van der Waals surface area contributed by atoms with Crippen LogP contribution >= 0.6 is 0 Å². The summed E-state index contributed by atoms with van der Waals surface area (Å²) in [4.78, 5) is 32.8. The second-order valence-corrected chi connectivity index (χ2v) is 9.30.